The summed E-state index contributed by atoms with van der Waals surface area (Å²) in [6.07, 6.45) is 1.54. The molecule has 0 heterocycles. The first-order valence-electron chi connectivity index (χ1n) is 6.77. The van der Waals surface area contributed by atoms with E-state index in [0.29, 0.717) is 5.56 Å². The number of nitrogens with one attached hydrogen (secondary N) is 1. The summed E-state index contributed by atoms with van der Waals surface area (Å²) >= 11 is 5.72. The van der Waals surface area contributed by atoms with Gasteiger partial charge in [-0.15, -0.1) is 0 Å². The highest BCUT2D eigenvalue weighted by atomic mass is 35.5. The van der Waals surface area contributed by atoms with Gasteiger partial charge in [-0.05, 0) is 18.6 Å². The van der Waals surface area contributed by atoms with Gasteiger partial charge in [0.05, 0.1) is 17.6 Å². The van der Waals surface area contributed by atoms with Crippen LogP contribution in [-0.4, -0.2) is 17.0 Å². The molecule has 2 rings (SSSR count). The SMILES string of the molecule is Cc1ccc(CC(=O)N/N=C/c2ccc(Cl)c([N+](=O)[O-])c2)cc1. The molecule has 0 aliphatic carbocycles. The van der Waals surface area contributed by atoms with Crippen LogP contribution in [0.25, 0.3) is 0 Å². The summed E-state index contributed by atoms with van der Waals surface area (Å²) in [5.74, 6) is -0.270. The molecule has 6 nitrogen and oxygen atoms in total. The third-order valence-electron chi connectivity index (χ3n) is 3.06. The second kappa shape index (κ2) is 7.51. The number of aryl methyl sites for hydroxylation is 1. The molecule has 0 radical (unpaired) electrons. The van der Waals surface area contributed by atoms with Crippen LogP contribution in [0.3, 0.4) is 0 Å². The predicted molar refractivity (Wildman–Crippen MR) is 88.7 cm³/mol. The molecule has 1 amide bonds. The zero-order valence-electron chi connectivity index (χ0n) is 12.3. The number of amides is 1. The number of rotatable bonds is 5. The summed E-state index contributed by atoms with van der Waals surface area (Å²) < 4.78 is 0. The second-order valence-corrected chi connectivity index (χ2v) is 5.33. The number of benzene rings is 2. The van der Waals surface area contributed by atoms with E-state index in [1.165, 1.54) is 18.3 Å². The van der Waals surface area contributed by atoms with Crippen LogP contribution in [0, 0.1) is 17.0 Å². The molecule has 0 spiro atoms. The molecule has 0 saturated heterocycles. The molecule has 118 valence electrons. The standard InChI is InChI=1S/C16H14ClN3O3/c1-11-2-4-12(5-3-11)9-16(21)19-18-10-13-6-7-14(17)15(8-13)20(22)23/h2-8,10H,9H2,1H3,(H,19,21)/b18-10+. The summed E-state index contributed by atoms with van der Waals surface area (Å²) in [6.45, 7) is 1.97. The Bertz CT molecular complexity index is 758. The molecule has 7 heteroatoms. The Kier molecular flexibility index (Phi) is 5.43. The Balaban J connectivity index is 1.96. The van der Waals surface area contributed by atoms with E-state index < -0.39 is 4.92 Å². The lowest BCUT2D eigenvalue weighted by Gasteiger charge is -2.01. The largest absolute Gasteiger partial charge is 0.288 e. The third kappa shape index (κ3) is 4.89. The maximum atomic E-state index is 11.8. The molecule has 0 aliphatic rings. The quantitative estimate of drug-likeness (QED) is 0.518. The van der Waals surface area contributed by atoms with Gasteiger partial charge in [0.2, 0.25) is 5.91 Å². The number of hydrazone groups is 1. The molecule has 0 unspecified atom stereocenters. The second-order valence-electron chi connectivity index (χ2n) is 4.92. The molecule has 2 aromatic rings. The van der Waals surface area contributed by atoms with Gasteiger partial charge < -0.3 is 0 Å². The van der Waals surface area contributed by atoms with Gasteiger partial charge in [0, 0.05) is 11.6 Å². The monoisotopic (exact) mass is 331 g/mol. The van der Waals surface area contributed by atoms with Crippen molar-refractivity contribution in [3.05, 3.63) is 74.3 Å². The van der Waals surface area contributed by atoms with Crippen LogP contribution in [0.5, 0.6) is 0 Å². The summed E-state index contributed by atoms with van der Waals surface area (Å²) in [5, 5.41) is 14.6. The van der Waals surface area contributed by atoms with E-state index in [1.807, 2.05) is 31.2 Å². The van der Waals surface area contributed by atoms with Crippen molar-refractivity contribution in [3.63, 3.8) is 0 Å². The van der Waals surface area contributed by atoms with Crippen LogP contribution in [0.4, 0.5) is 5.69 Å². The fourth-order valence-electron chi connectivity index (χ4n) is 1.86. The van der Waals surface area contributed by atoms with Gasteiger partial charge in [0.1, 0.15) is 5.02 Å². The van der Waals surface area contributed by atoms with E-state index in [2.05, 4.69) is 10.5 Å². The molecule has 0 saturated carbocycles. The minimum Gasteiger partial charge on any atom is -0.273 e. The summed E-state index contributed by atoms with van der Waals surface area (Å²) in [6, 6.07) is 11.9. The summed E-state index contributed by atoms with van der Waals surface area (Å²) in [5.41, 5.74) is 4.65. The maximum absolute atomic E-state index is 11.8. The van der Waals surface area contributed by atoms with E-state index in [9.17, 15) is 14.9 Å². The number of carbonyl (C=O) groups is 1. The Morgan fingerprint density at radius 3 is 2.65 bits per heavy atom. The average Bonchev–Trinajstić information content (AvgIpc) is 2.51. The molecule has 2 aromatic carbocycles. The third-order valence-corrected chi connectivity index (χ3v) is 3.37. The highest BCUT2D eigenvalue weighted by molar-refractivity contribution is 6.32. The van der Waals surface area contributed by atoms with Crippen LogP contribution in [-0.2, 0) is 11.2 Å². The first kappa shape index (κ1) is 16.6. The van der Waals surface area contributed by atoms with E-state index >= 15 is 0 Å². The number of hydrogen-bond acceptors (Lipinski definition) is 4. The van der Waals surface area contributed by atoms with Gasteiger partial charge in [0.15, 0.2) is 0 Å². The smallest absolute Gasteiger partial charge is 0.273 e. The highest BCUT2D eigenvalue weighted by Crippen LogP contribution is 2.24. The Hall–Kier alpha value is -2.73. The highest BCUT2D eigenvalue weighted by Gasteiger charge is 2.11. The minimum absolute atomic E-state index is 0.0514. The lowest BCUT2D eigenvalue weighted by Crippen LogP contribution is -2.19. The molecule has 0 aromatic heterocycles. The first-order valence-corrected chi connectivity index (χ1v) is 7.15. The van der Waals surface area contributed by atoms with E-state index in [4.69, 9.17) is 11.6 Å². The van der Waals surface area contributed by atoms with E-state index in [1.54, 1.807) is 6.07 Å². The Labute approximate surface area is 137 Å². The zero-order valence-corrected chi connectivity index (χ0v) is 13.1. The van der Waals surface area contributed by atoms with Crippen LogP contribution >= 0.6 is 11.6 Å². The Morgan fingerprint density at radius 1 is 1.30 bits per heavy atom. The maximum Gasteiger partial charge on any atom is 0.288 e. The molecular formula is C16H14ClN3O3. The van der Waals surface area contributed by atoms with Crippen molar-refractivity contribution in [1.29, 1.82) is 0 Å². The van der Waals surface area contributed by atoms with Gasteiger partial charge >= 0.3 is 0 Å². The van der Waals surface area contributed by atoms with Gasteiger partial charge in [-0.1, -0.05) is 47.5 Å². The Morgan fingerprint density at radius 2 is 2.00 bits per heavy atom. The van der Waals surface area contributed by atoms with Crippen LogP contribution in [0.15, 0.2) is 47.6 Å². The first-order chi connectivity index (χ1) is 11.0. The van der Waals surface area contributed by atoms with Gasteiger partial charge in [-0.25, -0.2) is 5.43 Å². The van der Waals surface area contributed by atoms with Crippen molar-refractivity contribution in [3.8, 4) is 0 Å². The lowest BCUT2D eigenvalue weighted by atomic mass is 10.1. The van der Waals surface area contributed by atoms with Crippen molar-refractivity contribution in [2.75, 3.05) is 0 Å². The molecule has 23 heavy (non-hydrogen) atoms. The minimum atomic E-state index is -0.574. The van der Waals surface area contributed by atoms with Crippen LogP contribution < -0.4 is 5.43 Å². The number of hydrogen-bond donors (Lipinski definition) is 1. The fourth-order valence-corrected chi connectivity index (χ4v) is 2.05. The van der Waals surface area contributed by atoms with Crippen LogP contribution in [0.2, 0.25) is 5.02 Å². The van der Waals surface area contributed by atoms with Crippen molar-refractivity contribution in [2.24, 2.45) is 5.10 Å². The normalized spacial score (nSPS) is 10.7. The number of nitro groups is 1. The van der Waals surface area contributed by atoms with E-state index in [-0.39, 0.29) is 23.0 Å². The van der Waals surface area contributed by atoms with Crippen molar-refractivity contribution in [1.82, 2.24) is 5.43 Å². The number of carbonyl (C=O) groups excluding carboxylic acids is 1. The van der Waals surface area contributed by atoms with Crippen molar-refractivity contribution >= 4 is 29.4 Å². The molecule has 0 fully saturated rings. The zero-order chi connectivity index (χ0) is 16.8. The molecular weight excluding hydrogens is 318 g/mol. The molecule has 0 bridgehead atoms. The van der Waals surface area contributed by atoms with Crippen LogP contribution in [0.1, 0.15) is 16.7 Å². The lowest BCUT2D eigenvalue weighted by molar-refractivity contribution is -0.384. The van der Waals surface area contributed by atoms with E-state index in [0.717, 1.165) is 11.1 Å². The van der Waals surface area contributed by atoms with Gasteiger partial charge in [-0.3, -0.25) is 14.9 Å². The topological polar surface area (TPSA) is 84.6 Å². The predicted octanol–water partition coefficient (Wildman–Crippen LogP) is 3.25. The molecule has 1 N–H and O–H groups in total. The number of nitro benzene ring substituents is 1. The summed E-state index contributed by atoms with van der Waals surface area (Å²) in [4.78, 5) is 22.0. The number of halogens is 1. The molecule has 0 aliphatic heterocycles. The van der Waals surface area contributed by atoms with Crippen molar-refractivity contribution in [2.45, 2.75) is 13.3 Å². The summed E-state index contributed by atoms with van der Waals surface area (Å²) in [7, 11) is 0. The van der Waals surface area contributed by atoms with Crippen molar-refractivity contribution < 1.29 is 9.72 Å². The van der Waals surface area contributed by atoms with Gasteiger partial charge in [-0.2, -0.15) is 5.10 Å². The number of nitrogens with zero attached hydrogens (tertiary/aromatic N) is 2. The van der Waals surface area contributed by atoms with Gasteiger partial charge in [0.25, 0.3) is 5.69 Å². The molecule has 0 atom stereocenters. The fraction of sp³-hybridized carbons (Fsp3) is 0.125. The average molecular weight is 332 g/mol.